The average molecular weight is 438 g/mol. The fourth-order valence-corrected chi connectivity index (χ4v) is 5.45. The first-order valence-corrected chi connectivity index (χ1v) is 11.3. The SMILES string of the molecule is O=S(=O)(NC[C@H](Sc1c(Cl)cccc1Cl)c1ccccc1)c1ccccc1. The number of rotatable bonds is 7. The zero-order chi connectivity index (χ0) is 19.3. The highest BCUT2D eigenvalue weighted by Gasteiger charge is 2.21. The lowest BCUT2D eigenvalue weighted by Crippen LogP contribution is -2.27. The first-order valence-electron chi connectivity index (χ1n) is 8.18. The van der Waals surface area contributed by atoms with Gasteiger partial charge in [0.2, 0.25) is 10.0 Å². The molecule has 0 aromatic heterocycles. The van der Waals surface area contributed by atoms with E-state index >= 15 is 0 Å². The second kappa shape index (κ2) is 9.13. The number of benzene rings is 3. The standard InChI is InChI=1S/C20H17Cl2NO2S2/c21-17-12-7-13-18(22)20(17)26-19(15-8-3-1-4-9-15)14-23-27(24,25)16-10-5-2-6-11-16/h1-13,19,23H,14H2/t19-/m0/s1. The summed E-state index contributed by atoms with van der Waals surface area (Å²) in [7, 11) is -3.61. The zero-order valence-electron chi connectivity index (χ0n) is 14.2. The molecule has 0 fully saturated rings. The summed E-state index contributed by atoms with van der Waals surface area (Å²) in [6, 6.07) is 23.3. The van der Waals surface area contributed by atoms with E-state index < -0.39 is 10.0 Å². The number of sulfonamides is 1. The van der Waals surface area contributed by atoms with Crippen molar-refractivity contribution in [3.63, 3.8) is 0 Å². The molecule has 140 valence electrons. The highest BCUT2D eigenvalue weighted by Crippen LogP contribution is 2.42. The van der Waals surface area contributed by atoms with Crippen LogP contribution in [-0.4, -0.2) is 15.0 Å². The Kier molecular flexibility index (Phi) is 6.84. The van der Waals surface area contributed by atoms with Crippen LogP contribution in [0.1, 0.15) is 10.8 Å². The molecule has 27 heavy (non-hydrogen) atoms. The Balaban J connectivity index is 1.85. The van der Waals surface area contributed by atoms with Crippen molar-refractivity contribution in [1.29, 1.82) is 0 Å². The third-order valence-corrected chi connectivity index (χ3v) is 7.56. The van der Waals surface area contributed by atoms with Gasteiger partial charge in [-0.05, 0) is 29.8 Å². The van der Waals surface area contributed by atoms with Crippen LogP contribution >= 0.6 is 35.0 Å². The number of hydrogen-bond donors (Lipinski definition) is 1. The van der Waals surface area contributed by atoms with Crippen molar-refractivity contribution < 1.29 is 8.42 Å². The van der Waals surface area contributed by atoms with Gasteiger partial charge >= 0.3 is 0 Å². The topological polar surface area (TPSA) is 46.2 Å². The summed E-state index contributed by atoms with van der Waals surface area (Å²) < 4.78 is 27.9. The molecule has 3 aromatic rings. The van der Waals surface area contributed by atoms with E-state index in [-0.39, 0.29) is 16.7 Å². The average Bonchev–Trinajstić information content (AvgIpc) is 2.68. The molecular formula is C20H17Cl2NO2S2. The summed E-state index contributed by atoms with van der Waals surface area (Å²) in [5, 5.41) is 0.890. The summed E-state index contributed by atoms with van der Waals surface area (Å²) in [6.45, 7) is 0.202. The van der Waals surface area contributed by atoms with Gasteiger partial charge in [0.25, 0.3) is 0 Å². The molecule has 0 saturated heterocycles. The van der Waals surface area contributed by atoms with E-state index in [1.54, 1.807) is 48.5 Å². The summed E-state index contributed by atoms with van der Waals surface area (Å²) in [5.74, 6) is 0. The van der Waals surface area contributed by atoms with Crippen molar-refractivity contribution in [3.05, 3.63) is 94.5 Å². The quantitative estimate of drug-likeness (QED) is 0.474. The van der Waals surface area contributed by atoms with Crippen molar-refractivity contribution in [3.8, 4) is 0 Å². The minimum absolute atomic E-state index is 0.193. The molecule has 3 aromatic carbocycles. The van der Waals surface area contributed by atoms with Crippen LogP contribution in [0.5, 0.6) is 0 Å². The maximum atomic E-state index is 12.6. The number of halogens is 2. The summed E-state index contributed by atoms with van der Waals surface area (Å²) in [6.07, 6.45) is 0. The molecule has 0 bridgehead atoms. The van der Waals surface area contributed by atoms with Crippen LogP contribution in [0.4, 0.5) is 0 Å². The molecule has 7 heteroatoms. The fourth-order valence-electron chi connectivity index (χ4n) is 2.50. The van der Waals surface area contributed by atoms with E-state index in [0.717, 1.165) is 10.5 Å². The summed E-state index contributed by atoms with van der Waals surface area (Å²) in [4.78, 5) is 0.964. The van der Waals surface area contributed by atoms with Crippen LogP contribution < -0.4 is 4.72 Å². The molecular weight excluding hydrogens is 421 g/mol. The van der Waals surface area contributed by atoms with Gasteiger partial charge in [-0.15, -0.1) is 11.8 Å². The van der Waals surface area contributed by atoms with Gasteiger partial charge in [0.15, 0.2) is 0 Å². The van der Waals surface area contributed by atoms with Crippen molar-refractivity contribution in [2.75, 3.05) is 6.54 Å². The molecule has 3 nitrogen and oxygen atoms in total. The van der Waals surface area contributed by atoms with Gasteiger partial charge in [-0.25, -0.2) is 13.1 Å². The van der Waals surface area contributed by atoms with Gasteiger partial charge in [0.1, 0.15) is 0 Å². The predicted molar refractivity (Wildman–Crippen MR) is 113 cm³/mol. The largest absolute Gasteiger partial charge is 0.240 e. The Bertz CT molecular complexity index is 977. The van der Waals surface area contributed by atoms with E-state index in [4.69, 9.17) is 23.2 Å². The molecule has 3 rings (SSSR count). The van der Waals surface area contributed by atoms with Crippen LogP contribution in [0.3, 0.4) is 0 Å². The highest BCUT2D eigenvalue weighted by atomic mass is 35.5. The molecule has 1 atom stereocenters. The minimum atomic E-state index is -3.61. The first kappa shape index (κ1) is 20.2. The fraction of sp³-hybridized carbons (Fsp3) is 0.100. The molecule has 0 aliphatic rings. The van der Waals surface area contributed by atoms with Gasteiger partial charge in [0.05, 0.1) is 14.9 Å². The molecule has 0 saturated carbocycles. The molecule has 0 spiro atoms. The van der Waals surface area contributed by atoms with Crippen molar-refractivity contribution in [1.82, 2.24) is 4.72 Å². The second-order valence-corrected chi connectivity index (χ2v) is 9.53. The molecule has 0 aliphatic carbocycles. The van der Waals surface area contributed by atoms with E-state index in [1.165, 1.54) is 11.8 Å². The second-order valence-electron chi connectivity index (χ2n) is 5.73. The van der Waals surface area contributed by atoms with E-state index in [9.17, 15) is 8.42 Å². The number of thioether (sulfide) groups is 1. The maximum absolute atomic E-state index is 12.6. The Morgan fingerprint density at radius 3 is 1.96 bits per heavy atom. The van der Waals surface area contributed by atoms with Crippen LogP contribution in [0.25, 0.3) is 0 Å². The lowest BCUT2D eigenvalue weighted by molar-refractivity contribution is 0.581. The monoisotopic (exact) mass is 437 g/mol. The molecule has 0 unspecified atom stereocenters. The Morgan fingerprint density at radius 2 is 1.37 bits per heavy atom. The lowest BCUT2D eigenvalue weighted by atomic mass is 10.1. The zero-order valence-corrected chi connectivity index (χ0v) is 17.3. The Labute approximate surface area is 173 Å². The number of hydrogen-bond acceptors (Lipinski definition) is 3. The predicted octanol–water partition coefficient (Wildman–Crippen LogP) is 5.81. The van der Waals surface area contributed by atoms with Crippen molar-refractivity contribution in [2.45, 2.75) is 15.0 Å². The normalized spacial score (nSPS) is 12.7. The summed E-state index contributed by atoms with van der Waals surface area (Å²) >= 11 is 14.0. The van der Waals surface area contributed by atoms with Gasteiger partial charge in [0, 0.05) is 16.7 Å². The Hall–Kier alpha value is -1.50. The van der Waals surface area contributed by atoms with Crippen LogP contribution in [0.15, 0.2) is 88.7 Å². The van der Waals surface area contributed by atoms with Crippen LogP contribution in [0, 0.1) is 0 Å². The molecule has 0 amide bonds. The first-order chi connectivity index (χ1) is 13.0. The summed E-state index contributed by atoms with van der Waals surface area (Å²) in [5.41, 5.74) is 0.981. The molecule has 0 aliphatic heterocycles. The van der Waals surface area contributed by atoms with Gasteiger partial charge < -0.3 is 0 Å². The van der Waals surface area contributed by atoms with E-state index in [1.807, 2.05) is 30.3 Å². The van der Waals surface area contributed by atoms with Gasteiger partial charge in [-0.1, -0.05) is 77.8 Å². The highest BCUT2D eigenvalue weighted by molar-refractivity contribution is 7.99. The minimum Gasteiger partial charge on any atom is -0.210 e. The van der Waals surface area contributed by atoms with Crippen molar-refractivity contribution >= 4 is 45.0 Å². The van der Waals surface area contributed by atoms with E-state index in [2.05, 4.69) is 4.72 Å². The molecule has 0 radical (unpaired) electrons. The Morgan fingerprint density at radius 1 is 0.815 bits per heavy atom. The maximum Gasteiger partial charge on any atom is 0.240 e. The third kappa shape index (κ3) is 5.27. The molecule has 1 N–H and O–H groups in total. The smallest absolute Gasteiger partial charge is 0.210 e. The van der Waals surface area contributed by atoms with Crippen molar-refractivity contribution in [2.24, 2.45) is 0 Å². The van der Waals surface area contributed by atoms with Crippen LogP contribution in [0.2, 0.25) is 10.0 Å². The number of nitrogens with one attached hydrogen (secondary N) is 1. The van der Waals surface area contributed by atoms with Crippen LogP contribution in [-0.2, 0) is 10.0 Å². The molecule has 0 heterocycles. The third-order valence-electron chi connectivity index (χ3n) is 3.86. The van der Waals surface area contributed by atoms with Gasteiger partial charge in [-0.3, -0.25) is 0 Å². The lowest BCUT2D eigenvalue weighted by Gasteiger charge is -2.19. The van der Waals surface area contributed by atoms with E-state index in [0.29, 0.717) is 10.0 Å². The van der Waals surface area contributed by atoms with Gasteiger partial charge in [-0.2, -0.15) is 0 Å².